The van der Waals surface area contributed by atoms with Crippen molar-refractivity contribution in [3.05, 3.63) is 29.6 Å². The molecule has 4 heteroatoms. The Bertz CT molecular complexity index is 383. The number of rotatable bonds is 5. The summed E-state index contributed by atoms with van der Waals surface area (Å²) >= 11 is 0. The SMILES string of the molecule is CC(C)(C)CCNCc1cccc(C(=O)O)n1. The molecule has 0 aromatic carbocycles. The normalized spacial score (nSPS) is 11.5. The third-order valence-electron chi connectivity index (χ3n) is 2.38. The summed E-state index contributed by atoms with van der Waals surface area (Å²) in [6.07, 6.45) is 1.08. The number of carbonyl (C=O) groups is 1. The Morgan fingerprint density at radius 2 is 2.12 bits per heavy atom. The molecule has 4 nitrogen and oxygen atoms in total. The zero-order valence-corrected chi connectivity index (χ0v) is 10.7. The number of hydrogen-bond acceptors (Lipinski definition) is 3. The molecule has 1 heterocycles. The predicted octanol–water partition coefficient (Wildman–Crippen LogP) is 2.31. The maximum absolute atomic E-state index is 10.7. The van der Waals surface area contributed by atoms with Crippen molar-refractivity contribution in [2.45, 2.75) is 33.7 Å². The van der Waals surface area contributed by atoms with Gasteiger partial charge in [0, 0.05) is 6.54 Å². The highest BCUT2D eigenvalue weighted by atomic mass is 16.4. The van der Waals surface area contributed by atoms with Crippen LogP contribution in [0.2, 0.25) is 0 Å². The molecule has 1 rings (SSSR count). The smallest absolute Gasteiger partial charge is 0.354 e. The van der Waals surface area contributed by atoms with Crippen LogP contribution in [0.15, 0.2) is 18.2 Å². The largest absolute Gasteiger partial charge is 0.477 e. The number of carboxylic acids is 1. The first-order valence-corrected chi connectivity index (χ1v) is 5.78. The van der Waals surface area contributed by atoms with Crippen LogP contribution in [0.1, 0.15) is 43.4 Å². The number of carboxylic acid groups (broad SMARTS) is 1. The molecule has 94 valence electrons. The van der Waals surface area contributed by atoms with Crippen LogP contribution in [0.3, 0.4) is 0 Å². The van der Waals surface area contributed by atoms with Gasteiger partial charge in [0.15, 0.2) is 0 Å². The topological polar surface area (TPSA) is 62.2 Å². The lowest BCUT2D eigenvalue weighted by atomic mass is 9.92. The van der Waals surface area contributed by atoms with Gasteiger partial charge in [-0.2, -0.15) is 0 Å². The lowest BCUT2D eigenvalue weighted by Gasteiger charge is -2.17. The standard InChI is InChI=1S/C13H20N2O2/c1-13(2,3)7-8-14-9-10-5-4-6-11(15-10)12(16)17/h4-6,14H,7-9H2,1-3H3,(H,16,17). The van der Waals surface area contributed by atoms with Gasteiger partial charge >= 0.3 is 5.97 Å². The van der Waals surface area contributed by atoms with Crippen LogP contribution in [-0.4, -0.2) is 22.6 Å². The fourth-order valence-electron chi connectivity index (χ4n) is 1.38. The van der Waals surface area contributed by atoms with Gasteiger partial charge in [-0.05, 0) is 30.5 Å². The van der Waals surface area contributed by atoms with Crippen LogP contribution >= 0.6 is 0 Å². The van der Waals surface area contributed by atoms with Gasteiger partial charge in [-0.25, -0.2) is 9.78 Å². The molecule has 0 amide bonds. The molecule has 0 spiro atoms. The molecule has 2 N–H and O–H groups in total. The molecule has 0 aliphatic rings. The predicted molar refractivity (Wildman–Crippen MR) is 67.0 cm³/mol. The highest BCUT2D eigenvalue weighted by molar-refractivity contribution is 5.85. The number of nitrogens with zero attached hydrogens (tertiary/aromatic N) is 1. The quantitative estimate of drug-likeness (QED) is 0.770. The van der Waals surface area contributed by atoms with E-state index in [-0.39, 0.29) is 5.69 Å². The maximum Gasteiger partial charge on any atom is 0.354 e. The summed E-state index contributed by atoms with van der Waals surface area (Å²) in [5.41, 5.74) is 1.17. The van der Waals surface area contributed by atoms with Gasteiger partial charge in [0.25, 0.3) is 0 Å². The van der Waals surface area contributed by atoms with Crippen molar-refractivity contribution in [2.75, 3.05) is 6.54 Å². The highest BCUT2D eigenvalue weighted by Crippen LogP contribution is 2.16. The van der Waals surface area contributed by atoms with Gasteiger partial charge in [0.2, 0.25) is 0 Å². The second-order valence-electron chi connectivity index (χ2n) is 5.31. The summed E-state index contributed by atoms with van der Waals surface area (Å²) in [4.78, 5) is 14.8. The Labute approximate surface area is 102 Å². The van der Waals surface area contributed by atoms with E-state index in [1.807, 2.05) is 6.07 Å². The molecule has 0 saturated heterocycles. The fraction of sp³-hybridized carbons (Fsp3) is 0.538. The monoisotopic (exact) mass is 236 g/mol. The van der Waals surface area contributed by atoms with E-state index >= 15 is 0 Å². The molecule has 0 aliphatic heterocycles. The Kier molecular flexibility index (Phi) is 4.63. The molecular weight excluding hydrogens is 216 g/mol. The summed E-state index contributed by atoms with van der Waals surface area (Å²) in [5, 5.41) is 12.1. The van der Waals surface area contributed by atoms with E-state index in [9.17, 15) is 4.79 Å². The molecule has 0 atom stereocenters. The Morgan fingerprint density at radius 1 is 1.41 bits per heavy atom. The van der Waals surface area contributed by atoms with E-state index in [1.165, 1.54) is 6.07 Å². The Balaban J connectivity index is 2.42. The number of aromatic carboxylic acids is 1. The molecule has 0 fully saturated rings. The van der Waals surface area contributed by atoms with E-state index in [4.69, 9.17) is 5.11 Å². The molecule has 0 bridgehead atoms. The van der Waals surface area contributed by atoms with Gasteiger partial charge in [0.05, 0.1) is 5.69 Å². The third kappa shape index (κ3) is 5.45. The van der Waals surface area contributed by atoms with Crippen molar-refractivity contribution in [2.24, 2.45) is 5.41 Å². The van der Waals surface area contributed by atoms with E-state index in [2.05, 4.69) is 31.1 Å². The van der Waals surface area contributed by atoms with E-state index in [0.29, 0.717) is 12.0 Å². The second-order valence-corrected chi connectivity index (χ2v) is 5.31. The summed E-state index contributed by atoms with van der Waals surface area (Å²) in [6, 6.07) is 5.05. The molecule has 0 saturated carbocycles. The first-order valence-electron chi connectivity index (χ1n) is 5.78. The first kappa shape index (κ1) is 13.6. The molecule has 1 aromatic heterocycles. The van der Waals surface area contributed by atoms with Crippen molar-refractivity contribution in [3.8, 4) is 0 Å². The van der Waals surface area contributed by atoms with Crippen molar-refractivity contribution in [3.63, 3.8) is 0 Å². The number of nitrogens with one attached hydrogen (secondary N) is 1. The van der Waals surface area contributed by atoms with Gasteiger partial charge in [-0.3, -0.25) is 0 Å². The van der Waals surface area contributed by atoms with Crippen LogP contribution in [0.5, 0.6) is 0 Å². The molecule has 0 radical (unpaired) electrons. The second kappa shape index (κ2) is 5.77. The van der Waals surface area contributed by atoms with E-state index < -0.39 is 5.97 Å². The number of aromatic nitrogens is 1. The lowest BCUT2D eigenvalue weighted by Crippen LogP contribution is -2.21. The van der Waals surface area contributed by atoms with Crippen molar-refractivity contribution in [1.82, 2.24) is 10.3 Å². The van der Waals surface area contributed by atoms with Crippen LogP contribution in [-0.2, 0) is 6.54 Å². The average molecular weight is 236 g/mol. The van der Waals surface area contributed by atoms with Crippen LogP contribution in [0.25, 0.3) is 0 Å². The number of hydrogen-bond donors (Lipinski definition) is 2. The van der Waals surface area contributed by atoms with Crippen molar-refractivity contribution < 1.29 is 9.90 Å². The van der Waals surface area contributed by atoms with Gasteiger partial charge in [-0.15, -0.1) is 0 Å². The summed E-state index contributed by atoms with van der Waals surface area (Å²) in [5.74, 6) is -0.985. The minimum Gasteiger partial charge on any atom is -0.477 e. The van der Waals surface area contributed by atoms with Crippen molar-refractivity contribution in [1.29, 1.82) is 0 Å². The average Bonchev–Trinajstić information content (AvgIpc) is 2.23. The summed E-state index contributed by atoms with van der Waals surface area (Å²) in [6.45, 7) is 8.09. The summed E-state index contributed by atoms with van der Waals surface area (Å²) < 4.78 is 0. The van der Waals surface area contributed by atoms with Gasteiger partial charge in [0.1, 0.15) is 5.69 Å². The molecular formula is C13H20N2O2. The Morgan fingerprint density at radius 3 is 2.71 bits per heavy atom. The zero-order chi connectivity index (χ0) is 12.9. The van der Waals surface area contributed by atoms with E-state index in [0.717, 1.165) is 18.7 Å². The third-order valence-corrected chi connectivity index (χ3v) is 2.38. The van der Waals surface area contributed by atoms with Crippen LogP contribution in [0.4, 0.5) is 0 Å². The lowest BCUT2D eigenvalue weighted by molar-refractivity contribution is 0.0690. The zero-order valence-electron chi connectivity index (χ0n) is 10.7. The molecule has 0 aliphatic carbocycles. The summed E-state index contributed by atoms with van der Waals surface area (Å²) in [7, 11) is 0. The number of pyridine rings is 1. The van der Waals surface area contributed by atoms with Gasteiger partial charge < -0.3 is 10.4 Å². The van der Waals surface area contributed by atoms with E-state index in [1.54, 1.807) is 6.07 Å². The fourth-order valence-corrected chi connectivity index (χ4v) is 1.38. The molecule has 1 aromatic rings. The maximum atomic E-state index is 10.7. The van der Waals surface area contributed by atoms with Crippen LogP contribution in [0, 0.1) is 5.41 Å². The molecule has 0 unspecified atom stereocenters. The minimum absolute atomic E-state index is 0.0973. The minimum atomic E-state index is -0.985. The first-order chi connectivity index (χ1) is 7.88. The van der Waals surface area contributed by atoms with Gasteiger partial charge in [-0.1, -0.05) is 26.8 Å². The Hall–Kier alpha value is -1.42. The highest BCUT2D eigenvalue weighted by Gasteiger charge is 2.09. The molecule has 17 heavy (non-hydrogen) atoms. The van der Waals surface area contributed by atoms with Crippen molar-refractivity contribution >= 4 is 5.97 Å². The van der Waals surface area contributed by atoms with Crippen LogP contribution < -0.4 is 5.32 Å².